The molecule has 6 heteroatoms. The summed E-state index contributed by atoms with van der Waals surface area (Å²) < 4.78 is 5.89. The molecule has 0 saturated heterocycles. The van der Waals surface area contributed by atoms with Crippen LogP contribution in [0.3, 0.4) is 0 Å². The topological polar surface area (TPSA) is 95.9 Å². The Labute approximate surface area is 342 Å². The summed E-state index contributed by atoms with van der Waals surface area (Å²) in [6.07, 6.45) is 47.0. The maximum absolute atomic E-state index is 13.1. The van der Waals surface area contributed by atoms with Gasteiger partial charge in [0.15, 0.2) is 0 Å². The molecule has 0 aliphatic heterocycles. The second kappa shape index (κ2) is 43.7. The van der Waals surface area contributed by atoms with Crippen molar-refractivity contribution in [1.82, 2.24) is 5.32 Å². The highest BCUT2D eigenvalue weighted by Crippen LogP contribution is 2.17. The normalized spacial score (nSPS) is 13.3. The number of unbranched alkanes of at least 4 members (excludes halogenated alkanes) is 30. The van der Waals surface area contributed by atoms with Crippen molar-refractivity contribution in [3.63, 3.8) is 0 Å². The zero-order valence-corrected chi connectivity index (χ0v) is 37.1. The van der Waals surface area contributed by atoms with Gasteiger partial charge in [-0.3, -0.25) is 9.59 Å². The van der Waals surface area contributed by atoms with Crippen LogP contribution < -0.4 is 5.32 Å². The first-order chi connectivity index (χ1) is 27.0. The van der Waals surface area contributed by atoms with Crippen molar-refractivity contribution < 1.29 is 24.5 Å². The summed E-state index contributed by atoms with van der Waals surface area (Å²) in [7, 11) is 0. The first-order valence-corrected chi connectivity index (χ1v) is 24.4. The molecule has 0 spiro atoms. The van der Waals surface area contributed by atoms with E-state index in [9.17, 15) is 19.8 Å². The Morgan fingerprint density at radius 3 is 1.33 bits per heavy atom. The molecule has 6 nitrogen and oxygen atoms in total. The molecule has 0 aromatic rings. The highest BCUT2D eigenvalue weighted by atomic mass is 16.5. The number of rotatable bonds is 44. The molecule has 0 fully saturated rings. The zero-order chi connectivity index (χ0) is 40.3. The average Bonchev–Trinajstić information content (AvgIpc) is 3.18. The monoisotopic (exact) mass is 778 g/mol. The molecule has 0 aliphatic carbocycles. The van der Waals surface area contributed by atoms with E-state index in [4.69, 9.17) is 4.74 Å². The number of allylic oxidation sites excluding steroid dienone is 2. The van der Waals surface area contributed by atoms with Crippen LogP contribution in [-0.2, 0) is 14.3 Å². The number of nitrogens with one attached hydrogen (secondary N) is 1. The third-order valence-electron chi connectivity index (χ3n) is 11.3. The molecular weight excluding hydrogens is 683 g/mol. The van der Waals surface area contributed by atoms with Gasteiger partial charge in [-0.2, -0.15) is 0 Å². The molecule has 0 aliphatic rings. The maximum atomic E-state index is 13.1. The van der Waals surface area contributed by atoms with Gasteiger partial charge in [0, 0.05) is 6.42 Å². The van der Waals surface area contributed by atoms with E-state index in [1.807, 2.05) is 0 Å². The maximum Gasteiger partial charge on any atom is 0.306 e. The smallest absolute Gasteiger partial charge is 0.306 e. The molecular formula is C49H95NO5. The summed E-state index contributed by atoms with van der Waals surface area (Å²) in [6, 6.07) is -0.702. The minimum atomic E-state index is -0.787. The second-order valence-electron chi connectivity index (χ2n) is 16.9. The van der Waals surface area contributed by atoms with Gasteiger partial charge in [0.2, 0.25) is 5.91 Å². The fourth-order valence-corrected chi connectivity index (χ4v) is 7.61. The molecule has 1 amide bonds. The van der Waals surface area contributed by atoms with Crippen LogP contribution in [0.25, 0.3) is 0 Å². The number of esters is 1. The Morgan fingerprint density at radius 2 is 0.891 bits per heavy atom. The second-order valence-corrected chi connectivity index (χ2v) is 16.9. The summed E-state index contributed by atoms with van der Waals surface area (Å²) >= 11 is 0. The van der Waals surface area contributed by atoms with Crippen LogP contribution in [0.1, 0.15) is 265 Å². The Bertz CT molecular complexity index is 832. The molecule has 55 heavy (non-hydrogen) atoms. The first kappa shape index (κ1) is 53.6. The number of aliphatic hydroxyl groups excluding tert-OH is 2. The summed E-state index contributed by atoms with van der Waals surface area (Å²) in [4.78, 5) is 26.0. The number of amides is 1. The molecule has 3 atom stereocenters. The van der Waals surface area contributed by atoms with Crippen LogP contribution in [0.5, 0.6) is 0 Å². The molecule has 3 unspecified atom stereocenters. The van der Waals surface area contributed by atoms with Crippen molar-refractivity contribution in [2.24, 2.45) is 0 Å². The fourth-order valence-electron chi connectivity index (χ4n) is 7.61. The van der Waals surface area contributed by atoms with Crippen LogP contribution in [0.4, 0.5) is 0 Å². The molecule has 0 aromatic heterocycles. The van der Waals surface area contributed by atoms with E-state index in [0.29, 0.717) is 19.3 Å². The van der Waals surface area contributed by atoms with Crippen LogP contribution in [0, 0.1) is 0 Å². The lowest BCUT2D eigenvalue weighted by molar-refractivity contribution is -0.151. The lowest BCUT2D eigenvalue weighted by atomic mass is 10.0. The van der Waals surface area contributed by atoms with Crippen molar-refractivity contribution in [1.29, 1.82) is 0 Å². The van der Waals surface area contributed by atoms with Gasteiger partial charge < -0.3 is 20.3 Å². The van der Waals surface area contributed by atoms with Crippen molar-refractivity contribution in [2.45, 2.75) is 283 Å². The van der Waals surface area contributed by atoms with Gasteiger partial charge in [0.25, 0.3) is 0 Å². The summed E-state index contributed by atoms with van der Waals surface area (Å²) in [5.74, 6) is -0.491. The fraction of sp³-hybridized carbons (Fsp3) is 0.918. The highest BCUT2D eigenvalue weighted by Gasteiger charge is 2.24. The van der Waals surface area contributed by atoms with Crippen LogP contribution in [0.2, 0.25) is 0 Å². The Balaban J connectivity index is 4.54. The molecule has 3 N–H and O–H groups in total. The third kappa shape index (κ3) is 39.2. The highest BCUT2D eigenvalue weighted by molar-refractivity contribution is 5.77. The first-order valence-electron chi connectivity index (χ1n) is 24.4. The predicted molar refractivity (Wildman–Crippen MR) is 237 cm³/mol. The summed E-state index contributed by atoms with van der Waals surface area (Å²) in [5.41, 5.74) is 0. The average molecular weight is 778 g/mol. The molecule has 0 rings (SSSR count). The van der Waals surface area contributed by atoms with E-state index >= 15 is 0 Å². The van der Waals surface area contributed by atoms with Gasteiger partial charge in [-0.15, -0.1) is 0 Å². The molecule has 326 valence electrons. The van der Waals surface area contributed by atoms with Gasteiger partial charge >= 0.3 is 5.97 Å². The van der Waals surface area contributed by atoms with Crippen LogP contribution >= 0.6 is 0 Å². The number of ether oxygens (including phenoxy) is 1. The molecule has 0 aromatic carbocycles. The Hall–Kier alpha value is -1.40. The number of carbonyl (C=O) groups excluding carboxylic acids is 2. The zero-order valence-electron chi connectivity index (χ0n) is 37.1. The van der Waals surface area contributed by atoms with E-state index in [1.165, 1.54) is 167 Å². The van der Waals surface area contributed by atoms with Crippen LogP contribution in [-0.4, -0.2) is 46.9 Å². The van der Waals surface area contributed by atoms with Gasteiger partial charge in [-0.05, 0) is 44.9 Å². The minimum absolute atomic E-state index is 0.0631. The standard InChI is InChI=1S/C49H95NO5/c1-4-7-10-13-16-19-22-24-26-29-32-35-38-41-47(52)46(44-51)50-48(53)43-45(40-37-34-31-28-25-21-18-15-12-9-6-3)55-49(54)42-39-36-33-30-27-23-20-17-14-11-8-5-2/h28,31,45-47,51-52H,4-27,29-30,32-44H2,1-3H3,(H,50,53)/b31-28-. The van der Waals surface area contributed by atoms with Crippen molar-refractivity contribution in [3.8, 4) is 0 Å². The number of aliphatic hydroxyl groups is 2. The molecule has 0 saturated carbocycles. The third-order valence-corrected chi connectivity index (χ3v) is 11.3. The van der Waals surface area contributed by atoms with E-state index in [1.54, 1.807) is 0 Å². The predicted octanol–water partition coefficient (Wildman–Crippen LogP) is 14.2. The van der Waals surface area contributed by atoms with E-state index in [-0.39, 0.29) is 24.9 Å². The van der Waals surface area contributed by atoms with Crippen molar-refractivity contribution >= 4 is 11.9 Å². The summed E-state index contributed by atoms with van der Waals surface area (Å²) in [6.45, 7) is 6.47. The quantitative estimate of drug-likeness (QED) is 0.0325. The molecule has 0 bridgehead atoms. The lowest BCUT2D eigenvalue weighted by Crippen LogP contribution is -2.46. The number of hydrogen-bond acceptors (Lipinski definition) is 5. The number of hydrogen-bond donors (Lipinski definition) is 3. The van der Waals surface area contributed by atoms with E-state index < -0.39 is 18.2 Å². The van der Waals surface area contributed by atoms with Crippen LogP contribution in [0.15, 0.2) is 12.2 Å². The lowest BCUT2D eigenvalue weighted by Gasteiger charge is -2.24. The Morgan fingerprint density at radius 1 is 0.509 bits per heavy atom. The minimum Gasteiger partial charge on any atom is -0.462 e. The SMILES string of the molecule is CCCCCCCC/C=C\CCCC(CC(=O)NC(CO)C(O)CCCCCCCCCCCCCCC)OC(=O)CCCCCCCCCCCCCC. The van der Waals surface area contributed by atoms with E-state index in [2.05, 4.69) is 38.2 Å². The largest absolute Gasteiger partial charge is 0.462 e. The van der Waals surface area contributed by atoms with Gasteiger partial charge in [-0.1, -0.05) is 219 Å². The van der Waals surface area contributed by atoms with Gasteiger partial charge in [-0.25, -0.2) is 0 Å². The molecule has 0 heterocycles. The molecule has 0 radical (unpaired) electrons. The number of carbonyl (C=O) groups is 2. The van der Waals surface area contributed by atoms with Crippen molar-refractivity contribution in [3.05, 3.63) is 12.2 Å². The van der Waals surface area contributed by atoms with E-state index in [0.717, 1.165) is 51.4 Å². The van der Waals surface area contributed by atoms with Gasteiger partial charge in [0.1, 0.15) is 6.10 Å². The van der Waals surface area contributed by atoms with Crippen molar-refractivity contribution in [2.75, 3.05) is 6.61 Å². The Kier molecular flexibility index (Phi) is 42.6. The summed E-state index contributed by atoms with van der Waals surface area (Å²) in [5, 5.41) is 23.7. The van der Waals surface area contributed by atoms with Gasteiger partial charge in [0.05, 0.1) is 25.2 Å².